The lowest BCUT2D eigenvalue weighted by Gasteiger charge is -2.25. The van der Waals surface area contributed by atoms with E-state index in [1.807, 2.05) is 0 Å². The van der Waals surface area contributed by atoms with Crippen molar-refractivity contribution in [2.45, 2.75) is 25.2 Å². The predicted molar refractivity (Wildman–Crippen MR) is 55.0 cm³/mol. The van der Waals surface area contributed by atoms with Crippen LogP contribution in [0.3, 0.4) is 0 Å². The smallest absolute Gasteiger partial charge is 0.293 e. The lowest BCUT2D eigenvalue weighted by molar-refractivity contribution is 0.421. The molecule has 78 valence electrons. The second kappa shape index (κ2) is 2.95. The summed E-state index contributed by atoms with van der Waals surface area (Å²) in [6.07, 6.45) is 3.53. The van der Waals surface area contributed by atoms with Crippen LogP contribution in [-0.2, 0) is 0 Å². The SMILES string of the molecule is Nc1nc2c(C3CCC3)ccc(F)c2o1. The van der Waals surface area contributed by atoms with Crippen molar-refractivity contribution in [3.05, 3.63) is 23.5 Å². The zero-order chi connectivity index (χ0) is 10.4. The first-order valence-electron chi connectivity index (χ1n) is 5.10. The molecule has 4 heteroatoms. The van der Waals surface area contributed by atoms with E-state index >= 15 is 0 Å². The fourth-order valence-corrected chi connectivity index (χ4v) is 2.06. The number of benzene rings is 1. The number of nitrogens with zero attached hydrogens (tertiary/aromatic N) is 1. The summed E-state index contributed by atoms with van der Waals surface area (Å²) in [4.78, 5) is 4.05. The van der Waals surface area contributed by atoms with Gasteiger partial charge >= 0.3 is 0 Å². The molecule has 0 spiro atoms. The van der Waals surface area contributed by atoms with E-state index in [0.717, 1.165) is 18.4 Å². The predicted octanol–water partition coefficient (Wildman–Crippen LogP) is 2.82. The van der Waals surface area contributed by atoms with Crippen LogP contribution >= 0.6 is 0 Å². The van der Waals surface area contributed by atoms with Gasteiger partial charge in [-0.05, 0) is 30.4 Å². The van der Waals surface area contributed by atoms with Gasteiger partial charge in [0.1, 0.15) is 5.52 Å². The van der Waals surface area contributed by atoms with E-state index in [1.54, 1.807) is 6.07 Å². The molecule has 2 aromatic rings. The highest BCUT2D eigenvalue weighted by atomic mass is 19.1. The average molecular weight is 206 g/mol. The molecule has 3 rings (SSSR count). The summed E-state index contributed by atoms with van der Waals surface area (Å²) in [5.41, 5.74) is 7.30. The number of nitrogen functional groups attached to an aromatic ring is 1. The largest absolute Gasteiger partial charge is 0.421 e. The van der Waals surface area contributed by atoms with E-state index in [4.69, 9.17) is 10.2 Å². The average Bonchev–Trinajstić information content (AvgIpc) is 2.49. The standard InChI is InChI=1S/C11H11FN2O/c12-8-5-4-7(6-2-1-3-6)9-10(8)15-11(13)14-9/h4-6H,1-3H2,(H2,13,14). The Kier molecular flexibility index (Phi) is 1.71. The van der Waals surface area contributed by atoms with Crippen LogP contribution in [0.15, 0.2) is 16.5 Å². The highest BCUT2D eigenvalue weighted by Gasteiger charge is 2.24. The molecule has 2 N–H and O–H groups in total. The quantitative estimate of drug-likeness (QED) is 0.780. The molecule has 3 nitrogen and oxygen atoms in total. The zero-order valence-corrected chi connectivity index (χ0v) is 8.16. The van der Waals surface area contributed by atoms with Gasteiger partial charge in [0.05, 0.1) is 0 Å². The van der Waals surface area contributed by atoms with Crippen molar-refractivity contribution in [1.82, 2.24) is 4.98 Å². The molecule has 0 saturated heterocycles. The fraction of sp³-hybridized carbons (Fsp3) is 0.364. The summed E-state index contributed by atoms with van der Waals surface area (Å²) in [6, 6.07) is 3.26. The van der Waals surface area contributed by atoms with E-state index in [9.17, 15) is 4.39 Å². The molecule has 1 aliphatic rings. The zero-order valence-electron chi connectivity index (χ0n) is 8.16. The van der Waals surface area contributed by atoms with Crippen LogP contribution in [0.2, 0.25) is 0 Å². The number of oxazole rings is 1. The Morgan fingerprint density at radius 2 is 2.20 bits per heavy atom. The number of anilines is 1. The van der Waals surface area contributed by atoms with Crippen LogP contribution in [0.5, 0.6) is 0 Å². The lowest BCUT2D eigenvalue weighted by Crippen LogP contribution is -2.09. The summed E-state index contributed by atoms with van der Waals surface area (Å²) in [5.74, 6) is 0.106. The molecule has 0 radical (unpaired) electrons. The van der Waals surface area contributed by atoms with Gasteiger partial charge in [0, 0.05) is 0 Å². The minimum Gasteiger partial charge on any atom is -0.421 e. The van der Waals surface area contributed by atoms with Gasteiger partial charge in [-0.3, -0.25) is 0 Å². The molecule has 0 bridgehead atoms. The minimum atomic E-state index is -0.391. The van der Waals surface area contributed by atoms with E-state index in [-0.39, 0.29) is 11.6 Å². The summed E-state index contributed by atoms with van der Waals surface area (Å²) < 4.78 is 18.4. The van der Waals surface area contributed by atoms with Crippen LogP contribution in [0.4, 0.5) is 10.4 Å². The fourth-order valence-electron chi connectivity index (χ4n) is 2.06. The summed E-state index contributed by atoms with van der Waals surface area (Å²) in [6.45, 7) is 0. The summed E-state index contributed by atoms with van der Waals surface area (Å²) in [5, 5.41) is 0. The van der Waals surface area contributed by atoms with Gasteiger partial charge in [-0.15, -0.1) is 0 Å². The number of hydrogen-bond donors (Lipinski definition) is 1. The first-order chi connectivity index (χ1) is 7.25. The van der Waals surface area contributed by atoms with Crippen LogP contribution in [0.25, 0.3) is 11.1 Å². The Bertz CT molecular complexity index is 517. The molecule has 0 atom stereocenters. The molecule has 1 fully saturated rings. The maximum Gasteiger partial charge on any atom is 0.293 e. The number of nitrogens with two attached hydrogens (primary N) is 1. The molecule has 15 heavy (non-hydrogen) atoms. The van der Waals surface area contributed by atoms with Crippen molar-refractivity contribution in [2.75, 3.05) is 5.73 Å². The number of halogens is 1. The maximum atomic E-state index is 13.4. The molecule has 1 aromatic heterocycles. The van der Waals surface area contributed by atoms with Gasteiger partial charge in [-0.25, -0.2) is 4.39 Å². The molecule has 1 aliphatic carbocycles. The molecular weight excluding hydrogens is 195 g/mol. The van der Waals surface area contributed by atoms with E-state index in [2.05, 4.69) is 4.98 Å². The molecule has 1 heterocycles. The van der Waals surface area contributed by atoms with E-state index < -0.39 is 5.82 Å². The molecule has 1 saturated carbocycles. The Labute approximate surface area is 86.1 Å². The normalized spacial score (nSPS) is 16.9. The molecule has 1 aromatic carbocycles. The third-order valence-electron chi connectivity index (χ3n) is 3.09. The van der Waals surface area contributed by atoms with Crippen LogP contribution in [-0.4, -0.2) is 4.98 Å². The van der Waals surface area contributed by atoms with Gasteiger partial charge in [0.25, 0.3) is 6.01 Å². The Morgan fingerprint density at radius 1 is 1.40 bits per heavy atom. The van der Waals surface area contributed by atoms with E-state index in [1.165, 1.54) is 12.5 Å². The van der Waals surface area contributed by atoms with Gasteiger partial charge in [0.15, 0.2) is 11.4 Å². The first kappa shape index (κ1) is 8.71. The third-order valence-corrected chi connectivity index (χ3v) is 3.09. The third kappa shape index (κ3) is 1.21. The van der Waals surface area contributed by atoms with Crippen LogP contribution in [0, 0.1) is 5.82 Å². The van der Waals surface area contributed by atoms with Gasteiger partial charge in [-0.2, -0.15) is 4.98 Å². The van der Waals surface area contributed by atoms with Crippen molar-refractivity contribution in [3.63, 3.8) is 0 Å². The Hall–Kier alpha value is -1.58. The van der Waals surface area contributed by atoms with Crippen molar-refractivity contribution in [1.29, 1.82) is 0 Å². The number of rotatable bonds is 1. The highest BCUT2D eigenvalue weighted by Crippen LogP contribution is 2.40. The molecule has 0 aliphatic heterocycles. The molecular formula is C11H11FN2O. The van der Waals surface area contributed by atoms with Crippen molar-refractivity contribution < 1.29 is 8.81 Å². The number of aromatic nitrogens is 1. The Morgan fingerprint density at radius 3 is 2.87 bits per heavy atom. The first-order valence-corrected chi connectivity index (χ1v) is 5.10. The van der Waals surface area contributed by atoms with Crippen molar-refractivity contribution >= 4 is 17.1 Å². The second-order valence-electron chi connectivity index (χ2n) is 3.99. The minimum absolute atomic E-state index is 0.0377. The topological polar surface area (TPSA) is 52.0 Å². The maximum absolute atomic E-state index is 13.4. The van der Waals surface area contributed by atoms with Crippen LogP contribution in [0.1, 0.15) is 30.7 Å². The van der Waals surface area contributed by atoms with Crippen LogP contribution < -0.4 is 5.73 Å². The van der Waals surface area contributed by atoms with Gasteiger partial charge < -0.3 is 10.2 Å². The number of fused-ring (bicyclic) bond motifs is 1. The van der Waals surface area contributed by atoms with Gasteiger partial charge in [-0.1, -0.05) is 12.5 Å². The Balaban J connectivity index is 2.25. The number of hydrogen-bond acceptors (Lipinski definition) is 3. The molecule has 0 unspecified atom stereocenters. The monoisotopic (exact) mass is 206 g/mol. The lowest BCUT2D eigenvalue weighted by atomic mass is 9.79. The summed E-state index contributed by atoms with van der Waals surface area (Å²) >= 11 is 0. The van der Waals surface area contributed by atoms with Crippen molar-refractivity contribution in [2.24, 2.45) is 0 Å². The molecule has 0 amide bonds. The van der Waals surface area contributed by atoms with Crippen molar-refractivity contribution in [3.8, 4) is 0 Å². The van der Waals surface area contributed by atoms with Gasteiger partial charge in [0.2, 0.25) is 0 Å². The van der Waals surface area contributed by atoms with E-state index in [0.29, 0.717) is 11.4 Å². The second-order valence-corrected chi connectivity index (χ2v) is 3.99. The summed E-state index contributed by atoms with van der Waals surface area (Å²) in [7, 11) is 0. The highest BCUT2D eigenvalue weighted by molar-refractivity contribution is 5.79.